The molecule has 5 rings (SSSR count). The van der Waals surface area contributed by atoms with Gasteiger partial charge in [0.25, 0.3) is 0 Å². The van der Waals surface area contributed by atoms with Gasteiger partial charge in [-0.3, -0.25) is 14.6 Å². The van der Waals surface area contributed by atoms with Crippen LogP contribution < -0.4 is 9.47 Å². The molecular formula is C26H37N5O4. The lowest BCUT2D eigenvalue weighted by Crippen LogP contribution is -2.42. The summed E-state index contributed by atoms with van der Waals surface area (Å²) in [6.07, 6.45) is 3.13. The Kier molecular flexibility index (Phi) is 6.72. The van der Waals surface area contributed by atoms with Crippen LogP contribution in [0.15, 0.2) is 22.6 Å². The SMILES string of the molecule is CC(C)c1nnc(C2CC3(CCN(Cc4ccc5c(c4)OCCO5)CC3)CN2CC(=O)N(C)C)o1. The molecule has 0 radical (unpaired) electrons. The number of benzene rings is 1. The number of hydrogen-bond donors (Lipinski definition) is 0. The van der Waals surface area contributed by atoms with Gasteiger partial charge < -0.3 is 18.8 Å². The van der Waals surface area contributed by atoms with Crippen molar-refractivity contribution in [1.82, 2.24) is 24.9 Å². The zero-order valence-corrected chi connectivity index (χ0v) is 21.3. The highest BCUT2D eigenvalue weighted by Crippen LogP contribution is 2.49. The third kappa shape index (κ3) is 5.16. The molecular weight excluding hydrogens is 446 g/mol. The molecule has 0 bridgehead atoms. The average molecular weight is 484 g/mol. The van der Waals surface area contributed by atoms with Crippen molar-refractivity contribution in [2.45, 2.75) is 51.6 Å². The van der Waals surface area contributed by atoms with Crippen LogP contribution in [-0.2, 0) is 11.3 Å². The van der Waals surface area contributed by atoms with Crippen LogP contribution in [0.1, 0.15) is 62.4 Å². The van der Waals surface area contributed by atoms with Gasteiger partial charge in [-0.05, 0) is 55.5 Å². The number of piperidine rings is 1. The molecule has 2 fully saturated rings. The number of likely N-dealkylation sites (tertiary alicyclic amines) is 2. The minimum atomic E-state index is -0.0109. The largest absolute Gasteiger partial charge is 0.486 e. The molecule has 2 saturated heterocycles. The molecule has 190 valence electrons. The molecule has 0 saturated carbocycles. The van der Waals surface area contributed by atoms with E-state index in [0.29, 0.717) is 31.5 Å². The van der Waals surface area contributed by atoms with Crippen LogP contribution in [0.4, 0.5) is 0 Å². The number of amides is 1. The predicted octanol–water partition coefficient (Wildman–Crippen LogP) is 3.08. The van der Waals surface area contributed by atoms with Gasteiger partial charge in [0.1, 0.15) is 13.2 Å². The Hall–Kier alpha value is -2.65. The smallest absolute Gasteiger partial charge is 0.236 e. The Morgan fingerprint density at radius 2 is 1.89 bits per heavy atom. The number of rotatable bonds is 6. The lowest BCUT2D eigenvalue weighted by atomic mass is 9.76. The molecule has 4 heterocycles. The van der Waals surface area contributed by atoms with Crippen LogP contribution >= 0.6 is 0 Å². The molecule has 0 N–H and O–H groups in total. The van der Waals surface area contributed by atoms with E-state index in [1.807, 2.05) is 20.2 Å². The Morgan fingerprint density at radius 1 is 1.14 bits per heavy atom. The van der Waals surface area contributed by atoms with E-state index in [1.54, 1.807) is 4.90 Å². The summed E-state index contributed by atoms with van der Waals surface area (Å²) in [5.74, 6) is 3.29. The van der Waals surface area contributed by atoms with E-state index in [0.717, 1.165) is 56.9 Å². The van der Waals surface area contributed by atoms with Crippen LogP contribution in [0.3, 0.4) is 0 Å². The normalized spacial score (nSPS) is 22.1. The highest BCUT2D eigenvalue weighted by Gasteiger charge is 2.48. The maximum Gasteiger partial charge on any atom is 0.236 e. The molecule has 9 heteroatoms. The molecule has 1 aromatic carbocycles. The predicted molar refractivity (Wildman–Crippen MR) is 130 cm³/mol. The Balaban J connectivity index is 1.26. The topological polar surface area (TPSA) is 84.2 Å². The van der Waals surface area contributed by atoms with E-state index < -0.39 is 0 Å². The molecule has 1 unspecified atom stereocenters. The molecule has 3 aliphatic rings. The monoisotopic (exact) mass is 483 g/mol. The van der Waals surface area contributed by atoms with Crippen molar-refractivity contribution < 1.29 is 18.7 Å². The molecule has 1 atom stereocenters. The number of likely N-dealkylation sites (N-methyl/N-ethyl adjacent to an activating group) is 1. The van der Waals surface area contributed by atoms with Crippen LogP contribution in [0.5, 0.6) is 11.5 Å². The second kappa shape index (κ2) is 9.78. The van der Waals surface area contributed by atoms with E-state index in [9.17, 15) is 4.79 Å². The average Bonchev–Trinajstić information content (AvgIpc) is 3.46. The molecule has 1 spiro atoms. The van der Waals surface area contributed by atoms with Crippen LogP contribution in [0.2, 0.25) is 0 Å². The molecule has 9 nitrogen and oxygen atoms in total. The summed E-state index contributed by atoms with van der Waals surface area (Å²) in [5.41, 5.74) is 1.41. The number of carbonyl (C=O) groups excluding carboxylic acids is 1. The highest BCUT2D eigenvalue weighted by molar-refractivity contribution is 5.77. The number of carbonyl (C=O) groups is 1. The van der Waals surface area contributed by atoms with Gasteiger partial charge in [0.05, 0.1) is 12.6 Å². The van der Waals surface area contributed by atoms with E-state index in [-0.39, 0.29) is 23.3 Å². The van der Waals surface area contributed by atoms with Gasteiger partial charge in [-0.1, -0.05) is 19.9 Å². The first-order valence-electron chi connectivity index (χ1n) is 12.7. The maximum atomic E-state index is 12.6. The molecule has 3 aliphatic heterocycles. The second-order valence-corrected chi connectivity index (χ2v) is 10.8. The van der Waals surface area contributed by atoms with Crippen molar-refractivity contribution in [3.63, 3.8) is 0 Å². The van der Waals surface area contributed by atoms with Gasteiger partial charge in [0.15, 0.2) is 11.5 Å². The van der Waals surface area contributed by atoms with Gasteiger partial charge >= 0.3 is 0 Å². The molecule has 2 aromatic rings. The highest BCUT2D eigenvalue weighted by atomic mass is 16.6. The van der Waals surface area contributed by atoms with Crippen molar-refractivity contribution in [2.24, 2.45) is 5.41 Å². The fourth-order valence-corrected chi connectivity index (χ4v) is 5.48. The van der Waals surface area contributed by atoms with E-state index in [1.165, 1.54) is 5.56 Å². The summed E-state index contributed by atoms with van der Waals surface area (Å²) in [7, 11) is 3.62. The van der Waals surface area contributed by atoms with E-state index >= 15 is 0 Å². The summed E-state index contributed by atoms with van der Waals surface area (Å²) >= 11 is 0. The summed E-state index contributed by atoms with van der Waals surface area (Å²) < 4.78 is 17.5. The lowest BCUT2D eigenvalue weighted by Gasteiger charge is -2.39. The first-order valence-corrected chi connectivity index (χ1v) is 12.7. The number of ether oxygens (including phenoxy) is 2. The van der Waals surface area contributed by atoms with Crippen molar-refractivity contribution in [3.05, 3.63) is 35.5 Å². The molecule has 35 heavy (non-hydrogen) atoms. The van der Waals surface area contributed by atoms with Crippen molar-refractivity contribution >= 4 is 5.91 Å². The molecule has 1 amide bonds. The summed E-state index contributed by atoms with van der Waals surface area (Å²) in [6, 6.07) is 6.26. The lowest BCUT2D eigenvalue weighted by molar-refractivity contribution is -0.130. The van der Waals surface area contributed by atoms with Gasteiger partial charge in [-0.2, -0.15) is 0 Å². The van der Waals surface area contributed by atoms with E-state index in [2.05, 4.69) is 46.0 Å². The minimum Gasteiger partial charge on any atom is -0.486 e. The maximum absolute atomic E-state index is 12.6. The third-order valence-electron chi connectivity index (χ3n) is 7.61. The zero-order chi connectivity index (χ0) is 24.6. The van der Waals surface area contributed by atoms with Crippen LogP contribution in [-0.4, -0.2) is 84.3 Å². The number of aromatic nitrogens is 2. The number of hydrogen-bond acceptors (Lipinski definition) is 8. The molecule has 1 aromatic heterocycles. The van der Waals surface area contributed by atoms with Gasteiger partial charge in [0.2, 0.25) is 17.7 Å². The van der Waals surface area contributed by atoms with Gasteiger partial charge in [-0.15, -0.1) is 10.2 Å². The summed E-state index contributed by atoms with van der Waals surface area (Å²) in [6.45, 7) is 9.54. The van der Waals surface area contributed by atoms with Crippen molar-refractivity contribution in [1.29, 1.82) is 0 Å². The van der Waals surface area contributed by atoms with Crippen LogP contribution in [0.25, 0.3) is 0 Å². The van der Waals surface area contributed by atoms with Gasteiger partial charge in [-0.25, -0.2) is 0 Å². The zero-order valence-electron chi connectivity index (χ0n) is 21.3. The standard InChI is InChI=1S/C26H37N5O4/c1-18(2)24-27-28-25(35-24)20-14-26(17-31(20)16-23(32)29(3)4)7-9-30(10-8-26)15-19-5-6-21-22(13-19)34-12-11-33-21/h5-6,13,18,20H,7-12,14-17H2,1-4H3. The summed E-state index contributed by atoms with van der Waals surface area (Å²) in [5, 5.41) is 8.66. The minimum absolute atomic E-state index is 0.0109. The summed E-state index contributed by atoms with van der Waals surface area (Å²) in [4.78, 5) is 19.0. The fourth-order valence-electron chi connectivity index (χ4n) is 5.48. The van der Waals surface area contributed by atoms with E-state index in [4.69, 9.17) is 13.9 Å². The van der Waals surface area contributed by atoms with Crippen molar-refractivity contribution in [2.75, 3.05) is 53.5 Å². The third-order valence-corrected chi connectivity index (χ3v) is 7.61. The van der Waals surface area contributed by atoms with Crippen LogP contribution in [0, 0.1) is 5.41 Å². The second-order valence-electron chi connectivity index (χ2n) is 10.8. The number of fused-ring (bicyclic) bond motifs is 1. The Bertz CT molecular complexity index is 1040. The number of nitrogens with zero attached hydrogens (tertiary/aromatic N) is 5. The first-order chi connectivity index (χ1) is 16.8. The molecule has 0 aliphatic carbocycles. The Morgan fingerprint density at radius 3 is 2.57 bits per heavy atom. The fraction of sp³-hybridized carbons (Fsp3) is 0.654. The Labute approximate surface area is 207 Å². The quantitative estimate of drug-likeness (QED) is 0.620. The van der Waals surface area contributed by atoms with Crippen molar-refractivity contribution in [3.8, 4) is 11.5 Å². The van der Waals surface area contributed by atoms with Gasteiger partial charge in [0, 0.05) is 33.1 Å². The first kappa shape index (κ1) is 24.1.